The molecule has 0 unspecified atom stereocenters. The number of ether oxygens (including phenoxy) is 2. The summed E-state index contributed by atoms with van der Waals surface area (Å²) in [6, 6.07) is 5.95. The molecule has 0 saturated heterocycles. The van der Waals surface area contributed by atoms with Crippen LogP contribution >= 0.6 is 0 Å². The molecule has 0 radical (unpaired) electrons. The number of methoxy groups -OCH3 is 1. The Morgan fingerprint density at radius 3 is 2.74 bits per heavy atom. The van der Waals surface area contributed by atoms with E-state index in [0.29, 0.717) is 5.69 Å². The van der Waals surface area contributed by atoms with Crippen molar-refractivity contribution in [3.63, 3.8) is 0 Å². The van der Waals surface area contributed by atoms with E-state index in [9.17, 15) is 9.18 Å². The molecule has 0 saturated carbocycles. The van der Waals surface area contributed by atoms with Gasteiger partial charge >= 0.3 is 0 Å². The van der Waals surface area contributed by atoms with Gasteiger partial charge in [-0.05, 0) is 26.0 Å². The highest BCUT2D eigenvalue weighted by Crippen LogP contribution is 2.23. The number of amides is 1. The number of pyridine rings is 1. The number of aryl methyl sites for hydroxylation is 1. The summed E-state index contributed by atoms with van der Waals surface area (Å²) in [5.74, 6) is -0.0455. The molecule has 1 N–H and O–H groups in total. The largest absolute Gasteiger partial charge is 0.496 e. The maximum absolute atomic E-state index is 13.4. The molecular weight excluding hydrogens is 299 g/mol. The SMILES string of the molecule is COc1c(C)cnc(CNC(=O)COc2ccccc2F)c1C. The van der Waals surface area contributed by atoms with Crippen LogP contribution in [0.4, 0.5) is 4.39 Å². The lowest BCUT2D eigenvalue weighted by atomic mass is 10.1. The zero-order valence-electron chi connectivity index (χ0n) is 13.4. The Balaban J connectivity index is 1.91. The van der Waals surface area contributed by atoms with Gasteiger partial charge in [-0.3, -0.25) is 9.78 Å². The Morgan fingerprint density at radius 1 is 1.30 bits per heavy atom. The Labute approximate surface area is 134 Å². The molecule has 0 fully saturated rings. The summed E-state index contributed by atoms with van der Waals surface area (Å²) < 4.78 is 23.9. The van der Waals surface area contributed by atoms with Crippen LogP contribution < -0.4 is 14.8 Å². The number of nitrogens with zero attached hydrogens (tertiary/aromatic N) is 1. The molecule has 6 heteroatoms. The summed E-state index contributed by atoms with van der Waals surface area (Å²) in [7, 11) is 1.60. The van der Waals surface area contributed by atoms with Crippen molar-refractivity contribution < 1.29 is 18.7 Å². The van der Waals surface area contributed by atoms with Crippen LogP contribution in [0, 0.1) is 19.7 Å². The molecular formula is C17H19FN2O3. The second-order valence-corrected chi connectivity index (χ2v) is 5.04. The van der Waals surface area contributed by atoms with Crippen LogP contribution in [0.15, 0.2) is 30.5 Å². The van der Waals surface area contributed by atoms with Crippen molar-refractivity contribution in [1.29, 1.82) is 0 Å². The zero-order chi connectivity index (χ0) is 16.8. The van der Waals surface area contributed by atoms with Crippen LogP contribution in [0.3, 0.4) is 0 Å². The number of carbonyl (C=O) groups excluding carboxylic acids is 1. The standard InChI is InChI=1S/C17H19FN2O3/c1-11-8-19-14(12(2)17(11)22-3)9-20-16(21)10-23-15-7-5-4-6-13(15)18/h4-8H,9-10H2,1-3H3,(H,20,21). The molecule has 0 spiro atoms. The number of rotatable bonds is 6. The van der Waals surface area contributed by atoms with Crippen LogP contribution in [0.2, 0.25) is 0 Å². The molecule has 122 valence electrons. The van der Waals surface area contributed by atoms with Gasteiger partial charge in [-0.15, -0.1) is 0 Å². The Kier molecular flexibility index (Phi) is 5.51. The van der Waals surface area contributed by atoms with Crippen molar-refractivity contribution in [3.05, 3.63) is 53.1 Å². The third kappa shape index (κ3) is 4.18. The summed E-state index contributed by atoms with van der Waals surface area (Å²) in [6.45, 7) is 3.78. The van der Waals surface area contributed by atoms with Gasteiger partial charge in [0.1, 0.15) is 5.75 Å². The van der Waals surface area contributed by atoms with Crippen LogP contribution in [-0.2, 0) is 11.3 Å². The van der Waals surface area contributed by atoms with Gasteiger partial charge in [-0.1, -0.05) is 12.1 Å². The van der Waals surface area contributed by atoms with Crippen molar-refractivity contribution >= 4 is 5.91 Å². The molecule has 0 bridgehead atoms. The third-order valence-electron chi connectivity index (χ3n) is 3.40. The van der Waals surface area contributed by atoms with Gasteiger partial charge in [0.15, 0.2) is 18.2 Å². The van der Waals surface area contributed by atoms with E-state index >= 15 is 0 Å². The van der Waals surface area contributed by atoms with Crippen molar-refractivity contribution in [1.82, 2.24) is 10.3 Å². The number of para-hydroxylation sites is 1. The number of benzene rings is 1. The first-order valence-electron chi connectivity index (χ1n) is 7.16. The summed E-state index contributed by atoms with van der Waals surface area (Å²) in [5, 5.41) is 2.70. The molecule has 1 amide bonds. The summed E-state index contributed by atoms with van der Waals surface area (Å²) in [5.41, 5.74) is 2.53. The van der Waals surface area contributed by atoms with E-state index in [1.165, 1.54) is 12.1 Å². The van der Waals surface area contributed by atoms with Crippen LogP contribution in [0.25, 0.3) is 0 Å². The molecule has 1 aromatic carbocycles. The molecule has 0 atom stereocenters. The normalized spacial score (nSPS) is 10.3. The van der Waals surface area contributed by atoms with Crippen molar-refractivity contribution in [2.45, 2.75) is 20.4 Å². The number of nitrogens with one attached hydrogen (secondary N) is 1. The fourth-order valence-electron chi connectivity index (χ4n) is 2.19. The molecule has 0 aliphatic carbocycles. The molecule has 1 heterocycles. The van der Waals surface area contributed by atoms with Gasteiger partial charge < -0.3 is 14.8 Å². The van der Waals surface area contributed by atoms with E-state index in [4.69, 9.17) is 9.47 Å². The fourth-order valence-corrected chi connectivity index (χ4v) is 2.19. The average molecular weight is 318 g/mol. The van der Waals surface area contributed by atoms with Gasteiger partial charge in [0, 0.05) is 17.3 Å². The van der Waals surface area contributed by atoms with E-state index in [1.54, 1.807) is 25.4 Å². The summed E-state index contributed by atoms with van der Waals surface area (Å²) in [6.07, 6.45) is 1.70. The predicted molar refractivity (Wildman–Crippen MR) is 84.0 cm³/mol. The molecule has 1 aromatic heterocycles. The zero-order valence-corrected chi connectivity index (χ0v) is 13.4. The maximum atomic E-state index is 13.4. The Morgan fingerprint density at radius 2 is 2.04 bits per heavy atom. The monoisotopic (exact) mass is 318 g/mol. The van der Waals surface area contributed by atoms with Crippen LogP contribution in [0.1, 0.15) is 16.8 Å². The van der Waals surface area contributed by atoms with Crippen molar-refractivity contribution in [2.24, 2.45) is 0 Å². The third-order valence-corrected chi connectivity index (χ3v) is 3.40. The molecule has 2 aromatic rings. The van der Waals surface area contributed by atoms with Crippen LogP contribution in [0.5, 0.6) is 11.5 Å². The minimum Gasteiger partial charge on any atom is -0.496 e. The number of aromatic nitrogens is 1. The molecule has 5 nitrogen and oxygen atoms in total. The van der Waals surface area contributed by atoms with E-state index in [-0.39, 0.29) is 24.8 Å². The summed E-state index contributed by atoms with van der Waals surface area (Å²) >= 11 is 0. The van der Waals surface area contributed by atoms with Crippen molar-refractivity contribution in [2.75, 3.05) is 13.7 Å². The number of carbonyl (C=O) groups is 1. The predicted octanol–water partition coefficient (Wildman–Crippen LogP) is 2.54. The Hall–Kier alpha value is -2.63. The molecule has 2 rings (SSSR count). The highest BCUT2D eigenvalue weighted by atomic mass is 19.1. The number of hydrogen-bond donors (Lipinski definition) is 1. The molecule has 0 aliphatic heterocycles. The maximum Gasteiger partial charge on any atom is 0.258 e. The van der Waals surface area contributed by atoms with Gasteiger partial charge in [-0.25, -0.2) is 4.39 Å². The van der Waals surface area contributed by atoms with E-state index in [1.807, 2.05) is 13.8 Å². The first-order valence-corrected chi connectivity index (χ1v) is 7.16. The topological polar surface area (TPSA) is 60.5 Å². The minimum absolute atomic E-state index is 0.0500. The van der Waals surface area contributed by atoms with Gasteiger partial charge in [-0.2, -0.15) is 0 Å². The lowest BCUT2D eigenvalue weighted by Gasteiger charge is -2.13. The number of hydrogen-bond acceptors (Lipinski definition) is 4. The second-order valence-electron chi connectivity index (χ2n) is 5.04. The molecule has 0 aliphatic rings. The lowest BCUT2D eigenvalue weighted by molar-refractivity contribution is -0.123. The van der Waals surface area contributed by atoms with E-state index in [2.05, 4.69) is 10.3 Å². The van der Waals surface area contributed by atoms with Gasteiger partial charge in [0.05, 0.1) is 19.3 Å². The molecule has 23 heavy (non-hydrogen) atoms. The minimum atomic E-state index is -0.499. The summed E-state index contributed by atoms with van der Waals surface area (Å²) in [4.78, 5) is 16.1. The first-order chi connectivity index (χ1) is 11.0. The highest BCUT2D eigenvalue weighted by molar-refractivity contribution is 5.77. The first kappa shape index (κ1) is 16.7. The van der Waals surface area contributed by atoms with Gasteiger partial charge in [0.25, 0.3) is 5.91 Å². The number of halogens is 1. The fraction of sp³-hybridized carbons (Fsp3) is 0.294. The van der Waals surface area contributed by atoms with E-state index in [0.717, 1.165) is 16.9 Å². The highest BCUT2D eigenvalue weighted by Gasteiger charge is 2.11. The smallest absolute Gasteiger partial charge is 0.258 e. The lowest BCUT2D eigenvalue weighted by Crippen LogP contribution is -2.29. The van der Waals surface area contributed by atoms with Crippen LogP contribution in [-0.4, -0.2) is 24.6 Å². The Bertz CT molecular complexity index is 704. The van der Waals surface area contributed by atoms with Crippen molar-refractivity contribution in [3.8, 4) is 11.5 Å². The quantitative estimate of drug-likeness (QED) is 0.889. The second kappa shape index (κ2) is 7.58. The van der Waals surface area contributed by atoms with E-state index < -0.39 is 5.82 Å². The average Bonchev–Trinajstić information content (AvgIpc) is 2.54. The van der Waals surface area contributed by atoms with Gasteiger partial charge in [0.2, 0.25) is 0 Å².